The molecule has 0 amide bonds. The van der Waals surface area contributed by atoms with E-state index in [2.05, 4.69) is 6.92 Å². The summed E-state index contributed by atoms with van der Waals surface area (Å²) in [6.45, 7) is 2.97. The molecule has 1 aromatic rings. The normalized spacial score (nSPS) is 11.4. The average Bonchev–Trinajstić information content (AvgIpc) is 2.16. The van der Waals surface area contributed by atoms with Crippen LogP contribution >= 0.6 is 0 Å². The van der Waals surface area contributed by atoms with Crippen molar-refractivity contribution in [2.24, 2.45) is 0 Å². The highest BCUT2D eigenvalue weighted by molar-refractivity contribution is 7.90. The number of nitrogens with zero attached hydrogens (tertiary/aromatic N) is 1. The quantitative estimate of drug-likeness (QED) is 0.813. The minimum absolute atomic E-state index is 0.263. The summed E-state index contributed by atoms with van der Waals surface area (Å²) in [6, 6.07) is 4.85. The Morgan fingerprint density at radius 1 is 1.38 bits per heavy atom. The first kappa shape index (κ1) is 12.8. The van der Waals surface area contributed by atoms with E-state index in [0.717, 1.165) is 18.7 Å². The van der Waals surface area contributed by atoms with E-state index in [9.17, 15) is 8.42 Å². The van der Waals surface area contributed by atoms with Gasteiger partial charge in [-0.15, -0.1) is 0 Å². The molecule has 90 valence electrons. The third-order valence-electron chi connectivity index (χ3n) is 2.40. The van der Waals surface area contributed by atoms with Crippen LogP contribution in [0.25, 0.3) is 0 Å². The Morgan fingerprint density at radius 3 is 2.44 bits per heavy atom. The standard InChI is InChI=1S/C11H18N2O2S/c1-4-7-13(2)11-6-5-9(8-10(11)12)16(3,14)15/h5-6,8H,4,7,12H2,1-3H3. The lowest BCUT2D eigenvalue weighted by atomic mass is 10.2. The van der Waals surface area contributed by atoms with Crippen LogP contribution < -0.4 is 10.6 Å². The third-order valence-corrected chi connectivity index (χ3v) is 3.51. The summed E-state index contributed by atoms with van der Waals surface area (Å²) in [6.07, 6.45) is 2.20. The van der Waals surface area contributed by atoms with E-state index in [1.165, 1.54) is 12.3 Å². The van der Waals surface area contributed by atoms with Gasteiger partial charge in [-0.25, -0.2) is 8.42 Å². The molecule has 0 aliphatic carbocycles. The highest BCUT2D eigenvalue weighted by Crippen LogP contribution is 2.25. The van der Waals surface area contributed by atoms with Crippen molar-refractivity contribution in [1.29, 1.82) is 0 Å². The van der Waals surface area contributed by atoms with Gasteiger partial charge in [0.1, 0.15) is 0 Å². The molecule has 2 N–H and O–H groups in total. The summed E-state index contributed by atoms with van der Waals surface area (Å²) in [5.74, 6) is 0. The number of benzene rings is 1. The summed E-state index contributed by atoms with van der Waals surface area (Å²) in [4.78, 5) is 2.28. The van der Waals surface area contributed by atoms with Crippen LogP contribution in [0.5, 0.6) is 0 Å². The molecule has 16 heavy (non-hydrogen) atoms. The number of anilines is 2. The molecule has 0 radical (unpaired) electrons. The van der Waals surface area contributed by atoms with Gasteiger partial charge in [-0.3, -0.25) is 0 Å². The summed E-state index contributed by atoms with van der Waals surface area (Å²) in [7, 11) is -1.24. The second-order valence-corrected chi connectivity index (χ2v) is 5.93. The predicted octanol–water partition coefficient (Wildman–Crippen LogP) is 1.52. The van der Waals surface area contributed by atoms with Crippen molar-refractivity contribution in [2.75, 3.05) is 30.5 Å². The topological polar surface area (TPSA) is 63.4 Å². The predicted molar refractivity (Wildman–Crippen MR) is 67.5 cm³/mol. The first-order valence-corrected chi connectivity index (χ1v) is 7.06. The summed E-state index contributed by atoms with van der Waals surface area (Å²) in [5.41, 5.74) is 7.21. The van der Waals surface area contributed by atoms with Crippen LogP contribution in [0.15, 0.2) is 23.1 Å². The molecule has 0 heterocycles. The van der Waals surface area contributed by atoms with E-state index >= 15 is 0 Å². The lowest BCUT2D eigenvalue weighted by molar-refractivity contribution is 0.602. The van der Waals surface area contributed by atoms with Gasteiger partial charge in [0, 0.05) is 19.8 Å². The van der Waals surface area contributed by atoms with Crippen LogP contribution in [-0.2, 0) is 9.84 Å². The summed E-state index contributed by atoms with van der Waals surface area (Å²) in [5, 5.41) is 0. The largest absolute Gasteiger partial charge is 0.397 e. The van der Waals surface area contributed by atoms with Gasteiger partial charge < -0.3 is 10.6 Å². The van der Waals surface area contributed by atoms with Crippen molar-refractivity contribution in [1.82, 2.24) is 0 Å². The van der Waals surface area contributed by atoms with Crippen LogP contribution in [0.1, 0.15) is 13.3 Å². The van der Waals surface area contributed by atoms with E-state index in [1.54, 1.807) is 12.1 Å². The van der Waals surface area contributed by atoms with Gasteiger partial charge >= 0.3 is 0 Å². The highest BCUT2D eigenvalue weighted by Gasteiger charge is 2.11. The third kappa shape index (κ3) is 2.88. The van der Waals surface area contributed by atoms with Crippen LogP contribution in [0, 0.1) is 0 Å². The smallest absolute Gasteiger partial charge is 0.175 e. The van der Waals surface area contributed by atoms with Crippen molar-refractivity contribution in [3.05, 3.63) is 18.2 Å². The first-order chi connectivity index (χ1) is 7.36. The van der Waals surface area contributed by atoms with Gasteiger partial charge in [0.15, 0.2) is 9.84 Å². The minimum atomic E-state index is -3.18. The second kappa shape index (κ2) is 4.74. The maximum Gasteiger partial charge on any atom is 0.175 e. The Bertz CT molecular complexity index is 469. The van der Waals surface area contributed by atoms with Crippen molar-refractivity contribution in [3.8, 4) is 0 Å². The summed E-state index contributed by atoms with van der Waals surface area (Å²) >= 11 is 0. The SMILES string of the molecule is CCCN(C)c1ccc(S(C)(=O)=O)cc1N. The Labute approximate surface area is 97.0 Å². The lowest BCUT2D eigenvalue weighted by Gasteiger charge is -2.20. The molecule has 0 saturated carbocycles. The Morgan fingerprint density at radius 2 is 2.00 bits per heavy atom. The Kier molecular flexibility index (Phi) is 3.80. The molecule has 4 nitrogen and oxygen atoms in total. The molecule has 0 aromatic heterocycles. The zero-order valence-corrected chi connectivity index (χ0v) is 10.7. The Balaban J connectivity index is 3.10. The monoisotopic (exact) mass is 242 g/mol. The molecule has 1 aromatic carbocycles. The van der Waals surface area contributed by atoms with E-state index in [1.807, 2.05) is 11.9 Å². The van der Waals surface area contributed by atoms with Crippen LogP contribution in [-0.4, -0.2) is 28.3 Å². The van der Waals surface area contributed by atoms with E-state index in [-0.39, 0.29) is 4.90 Å². The lowest BCUT2D eigenvalue weighted by Crippen LogP contribution is -2.19. The van der Waals surface area contributed by atoms with Gasteiger partial charge in [-0.1, -0.05) is 6.92 Å². The van der Waals surface area contributed by atoms with Gasteiger partial charge in [0.05, 0.1) is 16.3 Å². The number of nitrogens with two attached hydrogens (primary N) is 1. The zero-order chi connectivity index (χ0) is 12.3. The van der Waals surface area contributed by atoms with Crippen molar-refractivity contribution < 1.29 is 8.42 Å². The maximum absolute atomic E-state index is 11.3. The number of rotatable bonds is 4. The van der Waals surface area contributed by atoms with Gasteiger partial charge in [-0.05, 0) is 24.6 Å². The maximum atomic E-state index is 11.3. The van der Waals surface area contributed by atoms with Crippen LogP contribution in [0.2, 0.25) is 0 Å². The molecule has 0 aliphatic heterocycles. The molecule has 0 spiro atoms. The molecule has 0 saturated heterocycles. The highest BCUT2D eigenvalue weighted by atomic mass is 32.2. The molecular weight excluding hydrogens is 224 g/mol. The van der Waals surface area contributed by atoms with E-state index in [0.29, 0.717) is 5.69 Å². The minimum Gasteiger partial charge on any atom is -0.397 e. The molecule has 0 fully saturated rings. The van der Waals surface area contributed by atoms with Gasteiger partial charge in [-0.2, -0.15) is 0 Å². The number of nitrogen functional groups attached to an aromatic ring is 1. The number of hydrogen-bond donors (Lipinski definition) is 1. The Hall–Kier alpha value is -1.23. The van der Waals surface area contributed by atoms with Crippen molar-refractivity contribution in [3.63, 3.8) is 0 Å². The van der Waals surface area contributed by atoms with Crippen molar-refractivity contribution in [2.45, 2.75) is 18.2 Å². The fourth-order valence-electron chi connectivity index (χ4n) is 1.57. The molecule has 0 bridgehead atoms. The van der Waals surface area contributed by atoms with Crippen LogP contribution in [0.3, 0.4) is 0 Å². The molecule has 0 atom stereocenters. The van der Waals surface area contributed by atoms with Crippen LogP contribution in [0.4, 0.5) is 11.4 Å². The average molecular weight is 242 g/mol. The zero-order valence-electron chi connectivity index (χ0n) is 9.90. The molecule has 0 unspecified atom stereocenters. The molecule has 5 heteroatoms. The first-order valence-electron chi connectivity index (χ1n) is 5.17. The van der Waals surface area contributed by atoms with E-state index in [4.69, 9.17) is 5.73 Å². The van der Waals surface area contributed by atoms with Gasteiger partial charge in [0.25, 0.3) is 0 Å². The van der Waals surface area contributed by atoms with E-state index < -0.39 is 9.84 Å². The fourth-order valence-corrected chi connectivity index (χ4v) is 2.22. The molecule has 0 aliphatic rings. The molecular formula is C11H18N2O2S. The van der Waals surface area contributed by atoms with Crippen molar-refractivity contribution >= 4 is 21.2 Å². The number of sulfone groups is 1. The fraction of sp³-hybridized carbons (Fsp3) is 0.455. The summed E-state index contributed by atoms with van der Waals surface area (Å²) < 4.78 is 22.6. The second-order valence-electron chi connectivity index (χ2n) is 3.91. The van der Waals surface area contributed by atoms with Gasteiger partial charge in [0.2, 0.25) is 0 Å². The number of hydrogen-bond acceptors (Lipinski definition) is 4. The molecule has 1 rings (SSSR count).